The van der Waals surface area contributed by atoms with Crippen LogP contribution in [0.3, 0.4) is 0 Å². The molecular formula is C19H25FN4O. The van der Waals surface area contributed by atoms with Crippen LogP contribution < -0.4 is 4.74 Å². The fourth-order valence-corrected chi connectivity index (χ4v) is 3.11. The van der Waals surface area contributed by atoms with Gasteiger partial charge in [-0.05, 0) is 23.6 Å². The lowest BCUT2D eigenvalue weighted by atomic mass is 9.86. The van der Waals surface area contributed by atoms with Gasteiger partial charge >= 0.3 is 0 Å². The van der Waals surface area contributed by atoms with Crippen LogP contribution in [-0.4, -0.2) is 39.3 Å². The Morgan fingerprint density at radius 1 is 1.32 bits per heavy atom. The largest absolute Gasteiger partial charge is 0.490 e. The van der Waals surface area contributed by atoms with Crippen LogP contribution in [0.1, 0.15) is 45.0 Å². The van der Waals surface area contributed by atoms with Crippen LogP contribution in [0.2, 0.25) is 0 Å². The zero-order valence-corrected chi connectivity index (χ0v) is 15.1. The van der Waals surface area contributed by atoms with E-state index in [1.54, 1.807) is 12.1 Å². The summed E-state index contributed by atoms with van der Waals surface area (Å²) in [6.45, 7) is 12.0. The second-order valence-corrected chi connectivity index (χ2v) is 7.48. The average Bonchev–Trinajstić information content (AvgIpc) is 3.10. The lowest BCUT2D eigenvalue weighted by Gasteiger charge is -2.35. The highest BCUT2D eigenvalue weighted by atomic mass is 19.1. The molecule has 1 saturated heterocycles. The summed E-state index contributed by atoms with van der Waals surface area (Å²) >= 11 is 0. The molecule has 0 spiro atoms. The van der Waals surface area contributed by atoms with Crippen LogP contribution in [0.5, 0.6) is 5.75 Å². The van der Waals surface area contributed by atoms with Gasteiger partial charge in [-0.1, -0.05) is 27.4 Å². The van der Waals surface area contributed by atoms with Crippen molar-refractivity contribution in [2.75, 3.05) is 13.1 Å². The average molecular weight is 344 g/mol. The van der Waals surface area contributed by atoms with E-state index in [9.17, 15) is 4.39 Å². The first-order valence-corrected chi connectivity index (χ1v) is 8.61. The number of ether oxygens (including phenoxy) is 1. The highest BCUT2D eigenvalue weighted by Gasteiger charge is 2.26. The standard InChI is InChI=1S/C19H25FN4O/c1-13(18-21-12-22-23-18)24-9-7-15(8-10-24)25-17-6-5-14(20)11-16(17)19(2,3)4/h5-6,11-12,15H,1,7-10H2,2-4H3,(H,21,22,23). The molecule has 3 rings (SSSR count). The van der Waals surface area contributed by atoms with Gasteiger partial charge in [-0.15, -0.1) is 0 Å². The molecule has 1 aliphatic heterocycles. The number of rotatable bonds is 4. The zero-order chi connectivity index (χ0) is 18.0. The zero-order valence-electron chi connectivity index (χ0n) is 15.1. The van der Waals surface area contributed by atoms with E-state index in [-0.39, 0.29) is 17.3 Å². The summed E-state index contributed by atoms with van der Waals surface area (Å²) < 4.78 is 19.9. The minimum atomic E-state index is -0.226. The Morgan fingerprint density at radius 3 is 2.64 bits per heavy atom. The van der Waals surface area contributed by atoms with Gasteiger partial charge in [0.1, 0.15) is 24.0 Å². The van der Waals surface area contributed by atoms with E-state index in [2.05, 4.69) is 47.4 Å². The quantitative estimate of drug-likeness (QED) is 0.918. The Morgan fingerprint density at radius 2 is 2.04 bits per heavy atom. The van der Waals surface area contributed by atoms with Crippen molar-refractivity contribution < 1.29 is 9.13 Å². The smallest absolute Gasteiger partial charge is 0.171 e. The van der Waals surface area contributed by atoms with Gasteiger partial charge < -0.3 is 9.64 Å². The summed E-state index contributed by atoms with van der Waals surface area (Å²) in [5.74, 6) is 1.25. The lowest BCUT2D eigenvalue weighted by Crippen LogP contribution is -2.37. The van der Waals surface area contributed by atoms with Gasteiger partial charge in [0.05, 0.1) is 5.70 Å². The third kappa shape index (κ3) is 4.00. The third-order valence-corrected chi connectivity index (χ3v) is 4.56. The lowest BCUT2D eigenvalue weighted by molar-refractivity contribution is 0.125. The van der Waals surface area contributed by atoms with Gasteiger partial charge in [-0.2, -0.15) is 5.10 Å². The minimum Gasteiger partial charge on any atom is -0.490 e. The van der Waals surface area contributed by atoms with E-state index in [1.165, 1.54) is 12.4 Å². The second-order valence-electron chi connectivity index (χ2n) is 7.48. The van der Waals surface area contributed by atoms with Crippen LogP contribution in [0.15, 0.2) is 31.1 Å². The predicted molar refractivity (Wildman–Crippen MR) is 95.7 cm³/mol. The molecule has 0 atom stereocenters. The minimum absolute atomic E-state index is 0.116. The highest BCUT2D eigenvalue weighted by Crippen LogP contribution is 2.33. The van der Waals surface area contributed by atoms with Crippen molar-refractivity contribution >= 4 is 5.70 Å². The number of halogens is 1. The number of aromatic nitrogens is 3. The van der Waals surface area contributed by atoms with E-state index in [0.29, 0.717) is 5.82 Å². The second kappa shape index (κ2) is 6.86. The van der Waals surface area contributed by atoms with Gasteiger partial charge in [0, 0.05) is 31.5 Å². The Hall–Kier alpha value is -2.37. The van der Waals surface area contributed by atoms with E-state index >= 15 is 0 Å². The summed E-state index contributed by atoms with van der Waals surface area (Å²) in [6.07, 6.45) is 3.37. The molecule has 0 unspecified atom stereocenters. The molecule has 0 saturated carbocycles. The van der Waals surface area contributed by atoms with Crippen LogP contribution >= 0.6 is 0 Å². The number of aromatic amines is 1. The first kappa shape index (κ1) is 17.5. The number of hydrogen-bond acceptors (Lipinski definition) is 4. The fourth-order valence-electron chi connectivity index (χ4n) is 3.11. The van der Waals surface area contributed by atoms with Crippen LogP contribution in [0.4, 0.5) is 4.39 Å². The van der Waals surface area contributed by atoms with Gasteiger partial charge in [-0.3, -0.25) is 5.10 Å². The van der Waals surface area contributed by atoms with Crippen LogP contribution in [-0.2, 0) is 5.41 Å². The van der Waals surface area contributed by atoms with Crippen molar-refractivity contribution in [3.63, 3.8) is 0 Å². The number of nitrogens with zero attached hydrogens (tertiary/aromatic N) is 3. The maximum absolute atomic E-state index is 13.6. The first-order valence-electron chi connectivity index (χ1n) is 8.61. The molecule has 1 aromatic heterocycles. The number of hydrogen-bond donors (Lipinski definition) is 1. The Kier molecular flexibility index (Phi) is 4.79. The molecule has 0 bridgehead atoms. The monoisotopic (exact) mass is 344 g/mol. The highest BCUT2D eigenvalue weighted by molar-refractivity contribution is 5.54. The SMILES string of the molecule is C=C(c1ncn[nH]1)N1CCC(Oc2ccc(F)cc2C(C)(C)C)CC1. The third-order valence-electron chi connectivity index (χ3n) is 4.56. The molecule has 1 aliphatic rings. The summed E-state index contributed by atoms with van der Waals surface area (Å²) in [6, 6.07) is 4.79. The first-order chi connectivity index (χ1) is 11.8. The Labute approximate surface area is 147 Å². The van der Waals surface area contributed by atoms with Gasteiger partial charge in [0.2, 0.25) is 0 Å². The molecular weight excluding hydrogens is 319 g/mol. The van der Waals surface area contributed by atoms with Gasteiger partial charge in [-0.25, -0.2) is 9.37 Å². The molecule has 2 heterocycles. The number of nitrogens with one attached hydrogen (secondary N) is 1. The predicted octanol–water partition coefficient (Wildman–Crippen LogP) is 3.76. The molecule has 25 heavy (non-hydrogen) atoms. The normalized spacial score (nSPS) is 16.1. The molecule has 1 fully saturated rings. The molecule has 5 nitrogen and oxygen atoms in total. The molecule has 0 radical (unpaired) electrons. The van der Waals surface area contributed by atoms with Crippen LogP contribution in [0.25, 0.3) is 5.70 Å². The van der Waals surface area contributed by atoms with E-state index < -0.39 is 0 Å². The molecule has 1 aromatic carbocycles. The molecule has 1 N–H and O–H groups in total. The van der Waals surface area contributed by atoms with E-state index in [1.807, 2.05) is 0 Å². The van der Waals surface area contributed by atoms with Crippen molar-refractivity contribution in [1.29, 1.82) is 0 Å². The maximum Gasteiger partial charge on any atom is 0.171 e. The van der Waals surface area contributed by atoms with Crippen molar-refractivity contribution in [3.8, 4) is 5.75 Å². The van der Waals surface area contributed by atoms with E-state index in [4.69, 9.17) is 4.74 Å². The van der Waals surface area contributed by atoms with Crippen LogP contribution in [0, 0.1) is 5.82 Å². The molecule has 2 aromatic rings. The van der Waals surface area contributed by atoms with Crippen molar-refractivity contribution in [2.45, 2.75) is 45.1 Å². The number of benzene rings is 1. The summed E-state index contributed by atoms with van der Waals surface area (Å²) in [5, 5.41) is 6.72. The summed E-state index contributed by atoms with van der Waals surface area (Å²) in [7, 11) is 0. The molecule has 6 heteroatoms. The van der Waals surface area contributed by atoms with Crippen molar-refractivity contribution in [2.24, 2.45) is 0 Å². The Bertz CT molecular complexity index is 728. The number of H-pyrrole nitrogens is 1. The topological polar surface area (TPSA) is 54.0 Å². The summed E-state index contributed by atoms with van der Waals surface area (Å²) in [4.78, 5) is 6.34. The summed E-state index contributed by atoms with van der Waals surface area (Å²) in [5.41, 5.74) is 1.59. The molecule has 0 aliphatic carbocycles. The molecule has 134 valence electrons. The van der Waals surface area contributed by atoms with Gasteiger partial charge in [0.25, 0.3) is 0 Å². The molecule has 0 amide bonds. The maximum atomic E-state index is 13.6. The van der Waals surface area contributed by atoms with Crippen molar-refractivity contribution in [3.05, 3.63) is 48.3 Å². The number of piperidine rings is 1. The van der Waals surface area contributed by atoms with E-state index in [0.717, 1.165) is 42.9 Å². The Balaban J connectivity index is 1.64. The number of likely N-dealkylation sites (tertiary alicyclic amines) is 1. The van der Waals surface area contributed by atoms with Crippen molar-refractivity contribution in [1.82, 2.24) is 20.1 Å². The fraction of sp³-hybridized carbons (Fsp3) is 0.474. The van der Waals surface area contributed by atoms with Gasteiger partial charge in [0.15, 0.2) is 5.82 Å².